The van der Waals surface area contributed by atoms with Crippen LogP contribution in [0.3, 0.4) is 0 Å². The number of carboxylic acids is 4. The number of guanidine groups is 1. The van der Waals surface area contributed by atoms with E-state index in [0.717, 1.165) is 16.7 Å². The normalized spacial score (nSPS) is 17.6. The van der Waals surface area contributed by atoms with Crippen LogP contribution in [0, 0.1) is 0 Å². The summed E-state index contributed by atoms with van der Waals surface area (Å²) in [5.74, 6) is -20.7. The van der Waals surface area contributed by atoms with Gasteiger partial charge in [-0.2, -0.15) is 0 Å². The highest BCUT2D eigenvalue weighted by Crippen LogP contribution is 2.23. The van der Waals surface area contributed by atoms with Gasteiger partial charge in [-0.05, 0) is 70.4 Å². The van der Waals surface area contributed by atoms with Gasteiger partial charge < -0.3 is 121 Å². The van der Waals surface area contributed by atoms with Gasteiger partial charge in [-0.1, -0.05) is 18.2 Å². The maximum absolute atomic E-state index is 14.7. The number of carbonyl (C=O) groups excluding carboxylic acids is 12. The number of aromatic amines is 1. The first kappa shape index (κ1) is 78.8. The van der Waals surface area contributed by atoms with E-state index in [1.54, 1.807) is 24.3 Å². The smallest absolute Gasteiger partial charge is 0.328 e. The number of benzene rings is 1. The number of aliphatic hydroxyl groups excluding tert-OH is 3. The number of amides is 12. The first-order valence-corrected chi connectivity index (χ1v) is 30.4. The molecule has 0 saturated carbocycles. The van der Waals surface area contributed by atoms with E-state index >= 15 is 0 Å². The first-order valence-electron chi connectivity index (χ1n) is 30.4. The summed E-state index contributed by atoms with van der Waals surface area (Å²) in [6.45, 7) is -0.185. The summed E-state index contributed by atoms with van der Waals surface area (Å²) in [5, 5.41) is 88.7. The molecule has 25 N–H and O–H groups in total. The predicted molar refractivity (Wildman–Crippen MR) is 331 cm³/mol. The quantitative estimate of drug-likeness (QED) is 0.0168. The van der Waals surface area contributed by atoms with Crippen LogP contribution in [0.15, 0.2) is 35.5 Å². The van der Waals surface area contributed by atoms with Crippen LogP contribution >= 0.6 is 0 Å². The summed E-state index contributed by atoms with van der Waals surface area (Å²) >= 11 is 0. The van der Waals surface area contributed by atoms with Gasteiger partial charge >= 0.3 is 23.9 Å². The molecule has 3 heterocycles. The average Bonchev–Trinajstić information content (AvgIpc) is 1.75. The van der Waals surface area contributed by atoms with Crippen LogP contribution in [0.5, 0.6) is 0 Å². The molecule has 1 aromatic heterocycles. The van der Waals surface area contributed by atoms with E-state index < -0.39 is 231 Å². The molecule has 1 aromatic carbocycles. The lowest BCUT2D eigenvalue weighted by atomic mass is 10.0. The van der Waals surface area contributed by atoms with Crippen LogP contribution in [0.2, 0.25) is 0 Å². The third-order valence-electron chi connectivity index (χ3n) is 15.4. The zero-order chi connectivity index (χ0) is 72.5. The predicted octanol–water partition coefficient (Wildman–Crippen LogP) is -9.40. The van der Waals surface area contributed by atoms with Crippen LogP contribution in [-0.2, 0) is 83.1 Å². The van der Waals surface area contributed by atoms with Gasteiger partial charge in [-0.15, -0.1) is 0 Å². The van der Waals surface area contributed by atoms with Gasteiger partial charge in [-0.25, -0.2) is 4.79 Å². The fourth-order valence-corrected chi connectivity index (χ4v) is 10.4. The van der Waals surface area contributed by atoms with E-state index in [-0.39, 0.29) is 58.2 Å². The number of likely N-dealkylation sites (tertiary alicyclic amines) is 2. The van der Waals surface area contributed by atoms with E-state index in [0.29, 0.717) is 16.5 Å². The molecule has 0 unspecified atom stereocenters. The van der Waals surface area contributed by atoms with Crippen molar-refractivity contribution in [2.75, 3.05) is 32.8 Å². The molecule has 97 heavy (non-hydrogen) atoms. The Hall–Kier alpha value is -10.6. The summed E-state index contributed by atoms with van der Waals surface area (Å²) in [6, 6.07) is -14.1. The Morgan fingerprint density at radius 1 is 0.567 bits per heavy atom. The molecular weight excluding hydrogens is 1290 g/mol. The van der Waals surface area contributed by atoms with Crippen molar-refractivity contribution in [3.05, 3.63) is 36.0 Å². The number of primary amides is 1. The Labute approximate surface area is 551 Å². The lowest BCUT2D eigenvalue weighted by molar-refractivity contribution is -0.148. The Morgan fingerprint density at radius 2 is 1.04 bits per heavy atom. The van der Waals surface area contributed by atoms with Crippen molar-refractivity contribution in [2.45, 2.75) is 170 Å². The monoisotopic (exact) mass is 1370 g/mol. The van der Waals surface area contributed by atoms with Gasteiger partial charge in [0, 0.05) is 49.6 Å². The van der Waals surface area contributed by atoms with Gasteiger partial charge in [0.1, 0.15) is 66.5 Å². The van der Waals surface area contributed by atoms with E-state index in [1.807, 2.05) is 0 Å². The molecule has 2 aliphatic rings. The highest BCUT2D eigenvalue weighted by atomic mass is 16.4. The minimum absolute atomic E-state index is 0.0455. The molecule has 12 amide bonds. The van der Waals surface area contributed by atoms with E-state index in [2.05, 4.69) is 57.8 Å². The minimum Gasteiger partial charge on any atom is -0.481 e. The van der Waals surface area contributed by atoms with Gasteiger partial charge in [0.15, 0.2) is 12.0 Å². The lowest BCUT2D eigenvalue weighted by Gasteiger charge is -2.30. The maximum Gasteiger partial charge on any atom is 0.328 e. The summed E-state index contributed by atoms with van der Waals surface area (Å²) in [6.07, 6.45) is -5.57. The minimum atomic E-state index is -2.06. The van der Waals surface area contributed by atoms with Crippen molar-refractivity contribution in [2.24, 2.45) is 27.9 Å². The standard InChI is InChI=1S/C57H83N17O23/c1-25(64-52(92)38-11-6-16-73(38)55(95)36(21-43(83)84)70-51(91)37(24-76)71-46(86)29(58)23-75)45(85)67-33(18-27-22-63-30-9-4-3-8-28(27)30)49(89)66-32(13-14-41(79)80)48(88)65-31(10-5-15-62-57(60)61)47(87)68-34(19-40(59)78)50(90)69-35(20-42(81)82)54(94)74-17-7-12-39(74)53(93)72-44(26(2)77)56(96)97/h3-4,8-9,22,25-26,29,31-39,44,63,75-77H,5-7,10-21,23-24,58H2,1-2H3,(H2,59,78)(H,64,92)(H,65,88)(H,66,89)(H,67,85)(H,68,87)(H,69,90)(H,70,91)(H,71,86)(H,72,93)(H,79,80)(H,81,82)(H,83,84)(H,96,97)(H4,60,61,62)/t25-,26+,29-,31-,32-,33-,34-,35-,36-,37-,38-,39-,44-/m0/s1. The Morgan fingerprint density at radius 3 is 1.54 bits per heavy atom. The van der Waals surface area contributed by atoms with Gasteiger partial charge in [0.25, 0.3) is 0 Å². The number of nitrogens with two attached hydrogens (primary N) is 4. The van der Waals surface area contributed by atoms with Gasteiger partial charge in [0.2, 0.25) is 70.9 Å². The second kappa shape index (κ2) is 37.5. The number of para-hydroxylation sites is 1. The number of fused-ring (bicyclic) bond motifs is 1. The molecule has 40 nitrogen and oxygen atoms in total. The zero-order valence-electron chi connectivity index (χ0n) is 52.7. The fourth-order valence-electron chi connectivity index (χ4n) is 10.4. The molecule has 40 heteroatoms. The number of aromatic nitrogens is 1. The van der Waals surface area contributed by atoms with Crippen molar-refractivity contribution in [3.63, 3.8) is 0 Å². The van der Waals surface area contributed by atoms with Crippen molar-refractivity contribution in [1.29, 1.82) is 0 Å². The molecule has 0 aliphatic carbocycles. The summed E-state index contributed by atoms with van der Waals surface area (Å²) in [4.78, 5) is 221. The molecule has 0 radical (unpaired) electrons. The number of carboxylic acid groups (broad SMARTS) is 4. The number of aliphatic hydroxyl groups is 3. The molecule has 2 saturated heterocycles. The number of hydrogen-bond donors (Lipinski definition) is 21. The molecule has 2 aliphatic heterocycles. The second-order valence-electron chi connectivity index (χ2n) is 22.9. The lowest BCUT2D eigenvalue weighted by Crippen LogP contribution is -2.61. The first-order chi connectivity index (χ1) is 45.7. The van der Waals surface area contributed by atoms with Crippen molar-refractivity contribution in [1.82, 2.24) is 62.6 Å². The van der Waals surface area contributed by atoms with Gasteiger partial charge in [-0.3, -0.25) is 76.9 Å². The van der Waals surface area contributed by atoms with Crippen LogP contribution in [0.1, 0.15) is 90.0 Å². The van der Waals surface area contributed by atoms with Crippen molar-refractivity contribution >= 4 is 112 Å². The average molecular weight is 1370 g/mol. The highest BCUT2D eigenvalue weighted by molar-refractivity contribution is 6.01. The maximum atomic E-state index is 14.7. The summed E-state index contributed by atoms with van der Waals surface area (Å²) < 4.78 is 0. The number of hydrogen-bond acceptors (Lipinski definition) is 21. The second-order valence-corrected chi connectivity index (χ2v) is 22.9. The molecular formula is C57H83N17O23. The van der Waals surface area contributed by atoms with Crippen molar-refractivity contribution < 1.29 is 112 Å². The van der Waals surface area contributed by atoms with E-state index in [1.165, 1.54) is 13.1 Å². The van der Waals surface area contributed by atoms with Crippen LogP contribution in [0.25, 0.3) is 10.9 Å². The number of H-pyrrole nitrogens is 1. The van der Waals surface area contributed by atoms with E-state index in [4.69, 9.17) is 22.9 Å². The molecule has 13 atom stereocenters. The molecule has 4 rings (SSSR count). The summed E-state index contributed by atoms with van der Waals surface area (Å²) in [7, 11) is 0. The number of carbonyl (C=O) groups is 16. The molecule has 0 spiro atoms. The summed E-state index contributed by atoms with van der Waals surface area (Å²) in [5.41, 5.74) is 22.9. The Bertz CT molecular complexity index is 3290. The van der Waals surface area contributed by atoms with Gasteiger partial charge in [0.05, 0.1) is 38.6 Å². The fraction of sp³-hybridized carbons (Fsp3) is 0.561. The Balaban J connectivity index is 1.62. The Kier molecular flexibility index (Phi) is 30.5. The number of rotatable bonds is 39. The zero-order valence-corrected chi connectivity index (χ0v) is 52.7. The number of aliphatic imine (C=N–C) groups is 1. The van der Waals surface area contributed by atoms with Crippen LogP contribution in [-0.4, -0.2) is 263 Å². The third-order valence-corrected chi connectivity index (χ3v) is 15.4. The molecule has 534 valence electrons. The number of nitrogens with one attached hydrogen (secondary N) is 10. The highest BCUT2D eigenvalue weighted by Gasteiger charge is 2.43. The van der Waals surface area contributed by atoms with Crippen LogP contribution in [0.4, 0.5) is 0 Å². The SMILES string of the molecule is C[C@H](NC(=O)[C@@H]1CCCN1C(=O)[C@H](CC(=O)O)NC(=O)[C@H](CO)NC(=O)[C@@H](N)CO)C(=O)N[C@@H](Cc1c[nH]c2ccccc12)C(=O)N[C@@H](CCC(=O)O)C(=O)N[C@@H](CCCN=C(N)N)C(=O)N[C@@H](CC(N)=O)C(=O)N[C@@H](CC(=O)O)C(=O)N1CCC[C@H]1C(=O)N[C@H](C(=O)O)[C@@H](C)O. The molecule has 0 bridgehead atoms. The number of nitrogens with zero attached hydrogens (tertiary/aromatic N) is 3. The molecule has 2 aromatic rings. The number of aliphatic carboxylic acids is 4. The van der Waals surface area contributed by atoms with E-state index in [9.17, 15) is 112 Å². The third kappa shape index (κ3) is 24.0. The van der Waals surface area contributed by atoms with Crippen molar-refractivity contribution in [3.8, 4) is 0 Å². The topological polar surface area (TPSA) is 662 Å². The molecule has 2 fully saturated rings. The largest absolute Gasteiger partial charge is 0.481 e. The van der Waals surface area contributed by atoms with Crippen LogP contribution < -0.4 is 70.8 Å².